The fraction of sp³-hybridized carbons (Fsp3) is 0.571. The molecular formula is C21H28N2O2S. The van der Waals surface area contributed by atoms with Crippen LogP contribution in [-0.4, -0.2) is 43.1 Å². The minimum absolute atomic E-state index is 0.00898. The molecule has 1 N–H and O–H groups in total. The minimum atomic E-state index is -0.00898. The van der Waals surface area contributed by atoms with Crippen molar-refractivity contribution in [2.24, 2.45) is 0 Å². The molecule has 2 fully saturated rings. The largest absolute Gasteiger partial charge is 0.496 e. The number of nitrogens with one attached hydrogen (secondary N) is 1. The second kappa shape index (κ2) is 7.57. The van der Waals surface area contributed by atoms with E-state index in [0.29, 0.717) is 11.3 Å². The van der Waals surface area contributed by atoms with Crippen molar-refractivity contribution in [3.63, 3.8) is 0 Å². The Bertz CT molecular complexity index is 795. The molecule has 1 amide bonds. The van der Waals surface area contributed by atoms with Gasteiger partial charge in [-0.1, -0.05) is 19.3 Å². The van der Waals surface area contributed by atoms with Gasteiger partial charge in [-0.05, 0) is 49.8 Å². The standard InChI is InChI=1S/C21H28N2O2S/c1-14-10-15-11-19(25-2)18(12-20(15)26-14)21(24)22-16-8-9-23(13-16)17-6-4-3-5-7-17/h10-12,16-17H,3-9,13H2,1-2H3,(H,22,24)/t16-/m0/s1. The van der Waals surface area contributed by atoms with Crippen LogP contribution in [0.15, 0.2) is 18.2 Å². The first-order valence-electron chi connectivity index (χ1n) is 9.77. The number of aryl methyl sites for hydroxylation is 1. The van der Waals surface area contributed by atoms with Crippen molar-refractivity contribution in [2.45, 2.75) is 57.5 Å². The molecule has 2 heterocycles. The quantitative estimate of drug-likeness (QED) is 0.867. The number of nitrogens with zero attached hydrogens (tertiary/aromatic N) is 1. The summed E-state index contributed by atoms with van der Waals surface area (Å²) in [6, 6.07) is 7.08. The molecule has 1 saturated carbocycles. The highest BCUT2D eigenvalue weighted by Gasteiger charge is 2.30. The van der Waals surface area contributed by atoms with Crippen LogP contribution >= 0.6 is 11.3 Å². The molecule has 0 bridgehead atoms. The summed E-state index contributed by atoms with van der Waals surface area (Å²) in [4.78, 5) is 16.7. The summed E-state index contributed by atoms with van der Waals surface area (Å²) in [5.74, 6) is 0.653. The van der Waals surface area contributed by atoms with Gasteiger partial charge in [0.05, 0.1) is 12.7 Å². The number of likely N-dealkylation sites (tertiary alicyclic amines) is 1. The fourth-order valence-corrected chi connectivity index (χ4v) is 5.44. The number of hydrogen-bond acceptors (Lipinski definition) is 4. The average Bonchev–Trinajstić information content (AvgIpc) is 3.26. The molecule has 2 aromatic rings. The lowest BCUT2D eigenvalue weighted by atomic mass is 9.94. The summed E-state index contributed by atoms with van der Waals surface area (Å²) in [5, 5.41) is 4.40. The average molecular weight is 373 g/mol. The zero-order valence-corrected chi connectivity index (χ0v) is 16.5. The van der Waals surface area contributed by atoms with E-state index >= 15 is 0 Å². The Morgan fingerprint density at radius 2 is 2.00 bits per heavy atom. The van der Waals surface area contributed by atoms with Gasteiger partial charge in [-0.2, -0.15) is 0 Å². The Labute approximate surface area is 159 Å². The molecule has 1 aliphatic heterocycles. The highest BCUT2D eigenvalue weighted by Crippen LogP contribution is 2.32. The lowest BCUT2D eigenvalue weighted by molar-refractivity contribution is 0.0932. The Morgan fingerprint density at radius 1 is 1.19 bits per heavy atom. The van der Waals surface area contributed by atoms with E-state index in [1.54, 1.807) is 18.4 Å². The molecule has 5 heteroatoms. The highest BCUT2D eigenvalue weighted by molar-refractivity contribution is 7.19. The predicted molar refractivity (Wildman–Crippen MR) is 107 cm³/mol. The summed E-state index contributed by atoms with van der Waals surface area (Å²) in [6.45, 7) is 4.18. The van der Waals surface area contributed by atoms with Crippen molar-refractivity contribution in [3.8, 4) is 5.75 Å². The van der Waals surface area contributed by atoms with E-state index in [1.165, 1.54) is 37.0 Å². The SMILES string of the molecule is COc1cc2cc(C)sc2cc1C(=O)N[C@H]1CCN(C2CCCCC2)C1. The van der Waals surface area contributed by atoms with Gasteiger partial charge in [0, 0.05) is 34.8 Å². The number of ether oxygens (including phenoxy) is 1. The number of hydrogen-bond donors (Lipinski definition) is 1. The normalized spacial score (nSPS) is 22.0. The molecule has 140 valence electrons. The first kappa shape index (κ1) is 17.8. The van der Waals surface area contributed by atoms with Gasteiger partial charge in [-0.3, -0.25) is 9.69 Å². The third kappa shape index (κ3) is 3.60. The summed E-state index contributed by atoms with van der Waals surface area (Å²) in [7, 11) is 1.64. The van der Waals surface area contributed by atoms with Crippen LogP contribution in [0.2, 0.25) is 0 Å². The number of carbonyl (C=O) groups excluding carboxylic acids is 1. The molecule has 1 aromatic carbocycles. The zero-order valence-electron chi connectivity index (χ0n) is 15.7. The van der Waals surface area contributed by atoms with Crippen LogP contribution in [0.1, 0.15) is 53.8 Å². The summed E-state index contributed by atoms with van der Waals surface area (Å²) < 4.78 is 6.64. The van der Waals surface area contributed by atoms with Crippen LogP contribution in [0, 0.1) is 6.92 Å². The minimum Gasteiger partial charge on any atom is -0.496 e. The van der Waals surface area contributed by atoms with Gasteiger partial charge in [0.2, 0.25) is 0 Å². The molecule has 0 unspecified atom stereocenters. The van der Waals surface area contributed by atoms with Crippen LogP contribution in [0.4, 0.5) is 0 Å². The Morgan fingerprint density at radius 3 is 2.77 bits per heavy atom. The Balaban J connectivity index is 1.45. The highest BCUT2D eigenvalue weighted by atomic mass is 32.1. The Hall–Kier alpha value is -1.59. The number of carbonyl (C=O) groups is 1. The zero-order chi connectivity index (χ0) is 18.1. The molecule has 1 atom stereocenters. The molecular weight excluding hydrogens is 344 g/mol. The van der Waals surface area contributed by atoms with E-state index in [0.717, 1.165) is 35.6 Å². The molecule has 4 nitrogen and oxygen atoms in total. The van der Waals surface area contributed by atoms with Crippen molar-refractivity contribution >= 4 is 27.3 Å². The van der Waals surface area contributed by atoms with Crippen molar-refractivity contribution in [3.05, 3.63) is 28.6 Å². The van der Waals surface area contributed by atoms with E-state index in [-0.39, 0.29) is 11.9 Å². The van der Waals surface area contributed by atoms with E-state index in [1.807, 2.05) is 12.1 Å². The number of benzene rings is 1. The van der Waals surface area contributed by atoms with Gasteiger partial charge in [-0.15, -0.1) is 11.3 Å². The van der Waals surface area contributed by atoms with E-state index in [4.69, 9.17) is 4.74 Å². The first-order chi connectivity index (χ1) is 12.6. The molecule has 1 aliphatic carbocycles. The first-order valence-corrected chi connectivity index (χ1v) is 10.6. The maximum atomic E-state index is 12.9. The molecule has 0 spiro atoms. The van der Waals surface area contributed by atoms with E-state index in [2.05, 4.69) is 23.2 Å². The van der Waals surface area contributed by atoms with E-state index in [9.17, 15) is 4.79 Å². The molecule has 0 radical (unpaired) electrons. The lowest BCUT2D eigenvalue weighted by Crippen LogP contribution is -2.40. The van der Waals surface area contributed by atoms with Crippen LogP contribution in [0.3, 0.4) is 0 Å². The van der Waals surface area contributed by atoms with Crippen molar-refractivity contribution in [1.82, 2.24) is 10.2 Å². The third-order valence-electron chi connectivity index (χ3n) is 5.85. The summed E-state index contributed by atoms with van der Waals surface area (Å²) in [5.41, 5.74) is 0.651. The van der Waals surface area contributed by atoms with Crippen LogP contribution < -0.4 is 10.1 Å². The van der Waals surface area contributed by atoms with Gasteiger partial charge < -0.3 is 10.1 Å². The second-order valence-corrected chi connectivity index (χ2v) is 8.98. The van der Waals surface area contributed by atoms with Crippen molar-refractivity contribution in [2.75, 3.05) is 20.2 Å². The van der Waals surface area contributed by atoms with Gasteiger partial charge in [0.1, 0.15) is 5.75 Å². The van der Waals surface area contributed by atoms with E-state index < -0.39 is 0 Å². The van der Waals surface area contributed by atoms with Crippen LogP contribution in [-0.2, 0) is 0 Å². The molecule has 1 aromatic heterocycles. The smallest absolute Gasteiger partial charge is 0.255 e. The van der Waals surface area contributed by atoms with Gasteiger partial charge in [0.25, 0.3) is 5.91 Å². The maximum Gasteiger partial charge on any atom is 0.255 e. The number of amides is 1. The molecule has 4 rings (SSSR count). The number of thiophene rings is 1. The number of rotatable bonds is 4. The van der Waals surface area contributed by atoms with Gasteiger partial charge in [0.15, 0.2) is 0 Å². The molecule has 2 aliphatic rings. The summed E-state index contributed by atoms with van der Waals surface area (Å²) >= 11 is 1.72. The van der Waals surface area contributed by atoms with Crippen molar-refractivity contribution < 1.29 is 9.53 Å². The molecule has 1 saturated heterocycles. The molecule has 26 heavy (non-hydrogen) atoms. The van der Waals surface area contributed by atoms with Gasteiger partial charge in [-0.25, -0.2) is 0 Å². The van der Waals surface area contributed by atoms with Gasteiger partial charge >= 0.3 is 0 Å². The Kier molecular flexibility index (Phi) is 5.18. The number of fused-ring (bicyclic) bond motifs is 1. The van der Waals surface area contributed by atoms with Crippen molar-refractivity contribution in [1.29, 1.82) is 0 Å². The maximum absolute atomic E-state index is 12.9. The third-order valence-corrected chi connectivity index (χ3v) is 6.87. The predicted octanol–water partition coefficient (Wildman–Crippen LogP) is 4.36. The fourth-order valence-electron chi connectivity index (χ4n) is 4.49. The monoisotopic (exact) mass is 372 g/mol. The lowest BCUT2D eigenvalue weighted by Gasteiger charge is -2.31. The second-order valence-electron chi connectivity index (χ2n) is 7.69. The van der Waals surface area contributed by atoms with Crippen LogP contribution in [0.25, 0.3) is 10.1 Å². The number of methoxy groups -OCH3 is 1. The van der Waals surface area contributed by atoms with Crippen LogP contribution in [0.5, 0.6) is 5.75 Å². The topological polar surface area (TPSA) is 41.6 Å². The summed E-state index contributed by atoms with van der Waals surface area (Å²) in [6.07, 6.45) is 7.79.